The lowest BCUT2D eigenvalue weighted by Crippen LogP contribution is -1.98. The van der Waals surface area contributed by atoms with Gasteiger partial charge in [-0.2, -0.15) is 8.75 Å². The highest BCUT2D eigenvalue weighted by atomic mass is 32.1. The van der Waals surface area contributed by atoms with E-state index in [0.29, 0.717) is 13.2 Å². The number of aryl methyl sites for hydroxylation is 4. The van der Waals surface area contributed by atoms with Gasteiger partial charge >= 0.3 is 0 Å². The second kappa shape index (κ2) is 30.0. The molecule has 0 fully saturated rings. The smallest absolute Gasteiger partial charge is 0.114 e. The van der Waals surface area contributed by atoms with Gasteiger partial charge in [-0.05, 0) is 135 Å². The minimum Gasteiger partial charge on any atom is -0.377 e. The third kappa shape index (κ3) is 14.8. The Kier molecular flexibility index (Phi) is 22.2. The van der Waals surface area contributed by atoms with Crippen LogP contribution in [0.3, 0.4) is 0 Å². The van der Waals surface area contributed by atoms with E-state index in [9.17, 15) is 0 Å². The third-order valence-corrected chi connectivity index (χ3v) is 22.8. The second-order valence-corrected chi connectivity index (χ2v) is 28.6. The van der Waals surface area contributed by atoms with Crippen LogP contribution in [0.2, 0.25) is 0 Å². The molecule has 10 rings (SSSR count). The molecule has 7 heterocycles. The molecule has 0 aliphatic rings. The summed E-state index contributed by atoms with van der Waals surface area (Å²) < 4.78 is 25.8. The van der Waals surface area contributed by atoms with E-state index in [0.717, 1.165) is 54.8 Å². The summed E-state index contributed by atoms with van der Waals surface area (Å²) in [5, 5.41) is 2.68. The second-order valence-electron chi connectivity index (χ2n) is 22.5. The summed E-state index contributed by atoms with van der Waals surface area (Å²) in [6.07, 6.45) is 26.5. The first kappa shape index (κ1) is 59.8. The summed E-state index contributed by atoms with van der Waals surface area (Å²) in [5.41, 5.74) is 13.4. The standard InChI is InChI=1S/C70H85N3O2S6/c1-7-11-15-19-21-23-27-50-42-49(6)76-69(50)62-36-34-60(77-62)61-35-37-63(78-61)70-53(47-75-40-26-18-14-10-4)45-65(80-70)55-31-30-54(66-67(55)72-81-71-66)64-44-52(46-74-39-25-17-13-9-3)68(79-64)51-29-33-59-57(43-51)56-41-48(5)28-32-58(56)73(59)38-24-22-20-16-12-8-2/h28-37,41-45H,7-27,38-40,46-47H2,1-6H3. The predicted octanol–water partition coefficient (Wildman–Crippen LogP) is 24.2. The zero-order chi connectivity index (χ0) is 55.9. The summed E-state index contributed by atoms with van der Waals surface area (Å²) >= 11 is 10.9. The van der Waals surface area contributed by atoms with E-state index in [1.807, 2.05) is 56.7 Å². The van der Waals surface area contributed by atoms with Crippen LogP contribution in [0.1, 0.15) is 183 Å². The van der Waals surface area contributed by atoms with Crippen LogP contribution in [0.25, 0.3) is 93.4 Å². The van der Waals surface area contributed by atoms with Crippen LogP contribution in [0.5, 0.6) is 0 Å². The Bertz CT molecular complexity index is 3580. The average Bonchev–Trinajstić information content (AvgIpc) is 4.48. The molecule has 0 bridgehead atoms. The molecule has 0 saturated carbocycles. The Morgan fingerprint density at radius 3 is 1.51 bits per heavy atom. The zero-order valence-corrected chi connectivity index (χ0v) is 54.1. The van der Waals surface area contributed by atoms with Gasteiger partial charge in [-0.15, -0.1) is 56.7 Å². The van der Waals surface area contributed by atoms with Gasteiger partial charge in [0.15, 0.2) is 0 Å². The van der Waals surface area contributed by atoms with Crippen LogP contribution in [-0.2, 0) is 35.7 Å². The topological polar surface area (TPSA) is 49.2 Å². The van der Waals surface area contributed by atoms with Crippen molar-refractivity contribution in [1.82, 2.24) is 13.3 Å². The Hall–Kier alpha value is -4.30. The van der Waals surface area contributed by atoms with Crippen molar-refractivity contribution in [2.45, 2.75) is 196 Å². The summed E-state index contributed by atoms with van der Waals surface area (Å²) in [7, 11) is 0. The van der Waals surface area contributed by atoms with Crippen molar-refractivity contribution in [2.24, 2.45) is 0 Å². The number of fused-ring (bicyclic) bond motifs is 4. The van der Waals surface area contributed by atoms with Crippen LogP contribution >= 0.6 is 68.4 Å². The van der Waals surface area contributed by atoms with Gasteiger partial charge in [0, 0.05) is 96.6 Å². The highest BCUT2D eigenvalue weighted by molar-refractivity contribution is 7.29. The molecule has 0 unspecified atom stereocenters. The van der Waals surface area contributed by atoms with Crippen LogP contribution < -0.4 is 0 Å². The Morgan fingerprint density at radius 2 is 0.901 bits per heavy atom. The van der Waals surface area contributed by atoms with E-state index >= 15 is 0 Å². The van der Waals surface area contributed by atoms with Gasteiger partial charge in [0.05, 0.1) is 29.8 Å². The Balaban J connectivity index is 0.950. The molecule has 5 nitrogen and oxygen atoms in total. The van der Waals surface area contributed by atoms with Crippen molar-refractivity contribution in [2.75, 3.05) is 13.2 Å². The maximum Gasteiger partial charge on any atom is 0.114 e. The van der Waals surface area contributed by atoms with Crippen LogP contribution in [0.4, 0.5) is 0 Å². The van der Waals surface area contributed by atoms with Crippen molar-refractivity contribution >= 4 is 101 Å². The molecule has 0 radical (unpaired) electrons. The van der Waals surface area contributed by atoms with Crippen LogP contribution in [0.15, 0.2) is 91.0 Å². The fourth-order valence-corrected chi connectivity index (χ4v) is 18.0. The first-order chi connectivity index (χ1) is 39.8. The number of hydrogen-bond acceptors (Lipinski definition) is 10. The first-order valence-corrected chi connectivity index (χ1v) is 35.7. The fraction of sp³-hybridized carbons (Fsp3) is 0.457. The molecule has 0 atom stereocenters. The number of hydrogen-bond donors (Lipinski definition) is 0. The zero-order valence-electron chi connectivity index (χ0n) is 49.2. The highest BCUT2D eigenvalue weighted by Crippen LogP contribution is 2.49. The maximum absolute atomic E-state index is 6.53. The van der Waals surface area contributed by atoms with Crippen molar-refractivity contribution in [1.29, 1.82) is 0 Å². The monoisotopic (exact) mass is 1190 g/mol. The first-order valence-electron chi connectivity index (χ1n) is 30.9. The number of unbranched alkanes of at least 4 members (excludes halogenated alkanes) is 16. The van der Waals surface area contributed by atoms with E-state index < -0.39 is 0 Å². The normalized spacial score (nSPS) is 12.0. The van der Waals surface area contributed by atoms with Crippen molar-refractivity contribution < 1.29 is 9.47 Å². The molecule has 11 heteroatoms. The summed E-state index contributed by atoms with van der Waals surface area (Å²) in [6, 6.07) is 35.5. The summed E-state index contributed by atoms with van der Waals surface area (Å²) in [4.78, 5) is 13.2. The van der Waals surface area contributed by atoms with Gasteiger partial charge in [-0.3, -0.25) is 0 Å². The average molecular weight is 1190 g/mol. The predicted molar refractivity (Wildman–Crippen MR) is 360 cm³/mol. The largest absolute Gasteiger partial charge is 0.377 e. The molecule has 0 N–H and O–H groups in total. The fourth-order valence-electron chi connectivity index (χ4n) is 11.6. The third-order valence-electron chi connectivity index (χ3n) is 16.0. The maximum atomic E-state index is 6.53. The molecular formula is C70H85N3O2S6. The summed E-state index contributed by atoms with van der Waals surface area (Å²) in [6.45, 7) is 17.4. The lowest BCUT2D eigenvalue weighted by atomic mass is 10.0. The lowest BCUT2D eigenvalue weighted by Gasteiger charge is -2.09. The number of thiophene rings is 5. The van der Waals surface area contributed by atoms with Gasteiger partial charge in [-0.1, -0.05) is 160 Å². The van der Waals surface area contributed by atoms with Crippen LogP contribution in [-0.4, -0.2) is 26.5 Å². The molecule has 81 heavy (non-hydrogen) atoms. The molecule has 0 amide bonds. The molecule has 0 aliphatic carbocycles. The van der Waals surface area contributed by atoms with E-state index in [1.165, 1.54) is 232 Å². The number of rotatable bonds is 34. The Labute approximate surface area is 508 Å². The Morgan fingerprint density at radius 1 is 0.407 bits per heavy atom. The highest BCUT2D eigenvalue weighted by Gasteiger charge is 2.23. The molecule has 10 aromatic rings. The molecule has 0 saturated heterocycles. The SMILES string of the molecule is CCCCCCCCc1cc(C)sc1-c1ccc(-c2ccc(-c3sc(-c4ccc(-c5cc(COCCCCCC)c(-c6ccc7c(c6)c6cc(C)ccc6n7CCCCCCCC)s5)c5nsnc45)cc3COCCCCCC)s2)s1. The van der Waals surface area contributed by atoms with Gasteiger partial charge in [0.1, 0.15) is 11.0 Å². The summed E-state index contributed by atoms with van der Waals surface area (Å²) in [5.74, 6) is 0. The number of aromatic nitrogens is 3. The van der Waals surface area contributed by atoms with Crippen molar-refractivity contribution in [3.05, 3.63) is 118 Å². The quantitative estimate of drug-likeness (QED) is 0.0377. The minimum absolute atomic E-state index is 0.583. The number of nitrogens with zero attached hydrogens (tertiary/aromatic N) is 3. The number of ether oxygens (including phenoxy) is 2. The van der Waals surface area contributed by atoms with Crippen molar-refractivity contribution in [3.8, 4) is 60.6 Å². The van der Waals surface area contributed by atoms with E-state index in [2.05, 4.69) is 137 Å². The van der Waals surface area contributed by atoms with Crippen LogP contribution in [0, 0.1) is 13.8 Å². The molecule has 428 valence electrons. The molecule has 7 aromatic heterocycles. The van der Waals surface area contributed by atoms with Crippen molar-refractivity contribution in [3.63, 3.8) is 0 Å². The van der Waals surface area contributed by atoms with Gasteiger partial charge in [0.25, 0.3) is 0 Å². The molecular weight excluding hydrogens is 1110 g/mol. The van der Waals surface area contributed by atoms with Gasteiger partial charge < -0.3 is 14.0 Å². The van der Waals surface area contributed by atoms with Gasteiger partial charge in [0.2, 0.25) is 0 Å². The molecule has 0 spiro atoms. The molecule has 0 aliphatic heterocycles. The van der Waals surface area contributed by atoms with E-state index in [4.69, 9.17) is 18.2 Å². The number of benzene rings is 3. The minimum atomic E-state index is 0.583. The van der Waals surface area contributed by atoms with E-state index in [1.54, 1.807) is 0 Å². The van der Waals surface area contributed by atoms with Gasteiger partial charge in [-0.25, -0.2) is 0 Å². The van der Waals surface area contributed by atoms with E-state index in [-0.39, 0.29) is 0 Å². The lowest BCUT2D eigenvalue weighted by molar-refractivity contribution is 0.117. The molecule has 3 aromatic carbocycles.